The van der Waals surface area contributed by atoms with Gasteiger partial charge in [-0.1, -0.05) is 13.3 Å². The highest BCUT2D eigenvalue weighted by Gasteiger charge is 2.15. The van der Waals surface area contributed by atoms with Gasteiger partial charge >= 0.3 is 6.68 Å². The van der Waals surface area contributed by atoms with E-state index in [4.69, 9.17) is 0 Å². The zero-order valence-corrected chi connectivity index (χ0v) is 8.27. The zero-order chi connectivity index (χ0) is 10.3. The van der Waals surface area contributed by atoms with E-state index < -0.39 is 6.68 Å². The van der Waals surface area contributed by atoms with Crippen LogP contribution in [0.4, 0.5) is 13.2 Å². The summed E-state index contributed by atoms with van der Waals surface area (Å²) in [7, 11) is 2.24. The molecular weight excluding hydrogens is 179 g/mol. The van der Waals surface area contributed by atoms with Crippen molar-refractivity contribution in [2.75, 3.05) is 13.6 Å². The molecule has 1 aliphatic heterocycles. The standard InChI is InChI=1S/C8H17N.CHF3/c1-3-8-6-4-5-7-9(8)2;2-1(3)4/h8H,3-7H2,1-2H3;1H. The maximum atomic E-state index is 9.67. The number of halogens is 3. The molecule has 1 heterocycles. The van der Waals surface area contributed by atoms with Crippen molar-refractivity contribution in [1.29, 1.82) is 0 Å². The second-order valence-corrected chi connectivity index (χ2v) is 3.29. The summed E-state index contributed by atoms with van der Waals surface area (Å²) in [6.45, 7) is -0.0645. The van der Waals surface area contributed by atoms with Gasteiger partial charge in [-0.25, -0.2) is 0 Å². The van der Waals surface area contributed by atoms with Crippen LogP contribution in [0.3, 0.4) is 0 Å². The van der Waals surface area contributed by atoms with Crippen LogP contribution in [0.25, 0.3) is 0 Å². The molecule has 1 atom stereocenters. The number of hydrogen-bond donors (Lipinski definition) is 0. The topological polar surface area (TPSA) is 3.24 Å². The summed E-state index contributed by atoms with van der Waals surface area (Å²) < 4.78 is 29.0. The first-order valence-electron chi connectivity index (χ1n) is 4.70. The van der Waals surface area contributed by atoms with E-state index in [9.17, 15) is 13.2 Å². The molecule has 1 rings (SSSR count). The molecule has 0 amide bonds. The molecule has 0 aromatic rings. The van der Waals surface area contributed by atoms with E-state index in [1.54, 1.807) is 0 Å². The first kappa shape index (κ1) is 12.8. The summed E-state index contributed by atoms with van der Waals surface area (Å²) in [6, 6.07) is 0.888. The minimum absolute atomic E-state index is 0.888. The summed E-state index contributed by atoms with van der Waals surface area (Å²) >= 11 is 0. The number of nitrogens with zero attached hydrogens (tertiary/aromatic N) is 1. The van der Waals surface area contributed by atoms with Gasteiger partial charge in [0, 0.05) is 6.04 Å². The van der Waals surface area contributed by atoms with E-state index in [0.29, 0.717) is 0 Å². The lowest BCUT2D eigenvalue weighted by Gasteiger charge is -2.31. The van der Waals surface area contributed by atoms with Crippen LogP contribution in [0.5, 0.6) is 0 Å². The summed E-state index contributed by atoms with van der Waals surface area (Å²) in [5.41, 5.74) is 0. The molecule has 0 saturated carbocycles. The normalized spacial score (nSPS) is 24.0. The molecule has 0 radical (unpaired) electrons. The maximum Gasteiger partial charge on any atom is 0.379 e. The molecule has 4 heteroatoms. The third-order valence-electron chi connectivity index (χ3n) is 2.39. The van der Waals surface area contributed by atoms with Crippen molar-refractivity contribution in [2.45, 2.75) is 45.3 Å². The first-order chi connectivity index (χ1) is 6.07. The lowest BCUT2D eigenvalue weighted by atomic mass is 10.0. The molecule has 0 aliphatic carbocycles. The Morgan fingerprint density at radius 3 is 2.15 bits per heavy atom. The third-order valence-corrected chi connectivity index (χ3v) is 2.39. The van der Waals surface area contributed by atoms with Crippen molar-refractivity contribution in [1.82, 2.24) is 4.90 Å². The average Bonchev–Trinajstić information content (AvgIpc) is 2.04. The Kier molecular flexibility index (Phi) is 7.04. The minimum atomic E-state index is -3.67. The molecule has 0 aromatic carbocycles. The van der Waals surface area contributed by atoms with E-state index in [1.807, 2.05) is 0 Å². The lowest BCUT2D eigenvalue weighted by molar-refractivity contribution is 0.00819. The van der Waals surface area contributed by atoms with Crippen LogP contribution in [0.1, 0.15) is 32.6 Å². The van der Waals surface area contributed by atoms with Crippen LogP contribution in [-0.2, 0) is 0 Å². The molecule has 0 N–H and O–H groups in total. The summed E-state index contributed by atoms with van der Waals surface area (Å²) in [5, 5.41) is 0. The quantitative estimate of drug-likeness (QED) is 0.624. The lowest BCUT2D eigenvalue weighted by Crippen LogP contribution is -2.35. The van der Waals surface area contributed by atoms with Gasteiger partial charge in [0.1, 0.15) is 0 Å². The van der Waals surface area contributed by atoms with Gasteiger partial charge in [-0.15, -0.1) is 0 Å². The number of likely N-dealkylation sites (tertiary alicyclic amines) is 1. The van der Waals surface area contributed by atoms with Crippen LogP contribution < -0.4 is 0 Å². The molecule has 1 nitrogen and oxygen atoms in total. The van der Waals surface area contributed by atoms with Crippen molar-refractivity contribution >= 4 is 0 Å². The number of alkyl halides is 3. The molecule has 1 fully saturated rings. The number of rotatable bonds is 1. The van der Waals surface area contributed by atoms with E-state index in [0.717, 1.165) is 6.04 Å². The Labute approximate surface area is 77.9 Å². The Morgan fingerprint density at radius 2 is 1.85 bits per heavy atom. The van der Waals surface area contributed by atoms with E-state index >= 15 is 0 Å². The van der Waals surface area contributed by atoms with E-state index in [-0.39, 0.29) is 0 Å². The Balaban J connectivity index is 0.000000310. The second-order valence-electron chi connectivity index (χ2n) is 3.29. The number of piperidine rings is 1. The smallest absolute Gasteiger partial charge is 0.303 e. The van der Waals surface area contributed by atoms with E-state index in [2.05, 4.69) is 18.9 Å². The Bertz CT molecular complexity index is 117. The minimum Gasteiger partial charge on any atom is -0.303 e. The summed E-state index contributed by atoms with van der Waals surface area (Å²) in [5.74, 6) is 0. The summed E-state index contributed by atoms with van der Waals surface area (Å²) in [4.78, 5) is 2.49. The van der Waals surface area contributed by atoms with Crippen molar-refractivity contribution in [3.8, 4) is 0 Å². The highest BCUT2D eigenvalue weighted by molar-refractivity contribution is 4.71. The SMILES string of the molecule is CCC1CCCCN1C.FC(F)F. The fourth-order valence-corrected chi connectivity index (χ4v) is 1.66. The Morgan fingerprint density at radius 1 is 1.31 bits per heavy atom. The highest BCUT2D eigenvalue weighted by atomic mass is 19.4. The van der Waals surface area contributed by atoms with Crippen molar-refractivity contribution in [3.05, 3.63) is 0 Å². The van der Waals surface area contributed by atoms with Gasteiger partial charge < -0.3 is 4.90 Å². The second kappa shape index (κ2) is 7.18. The third kappa shape index (κ3) is 6.87. The Hall–Kier alpha value is -0.250. The van der Waals surface area contributed by atoms with Crippen molar-refractivity contribution in [2.24, 2.45) is 0 Å². The molecule has 0 bridgehead atoms. The molecule has 0 spiro atoms. The van der Waals surface area contributed by atoms with E-state index in [1.165, 1.54) is 32.2 Å². The largest absolute Gasteiger partial charge is 0.379 e. The average molecular weight is 197 g/mol. The molecule has 13 heavy (non-hydrogen) atoms. The fraction of sp³-hybridized carbons (Fsp3) is 1.00. The van der Waals surface area contributed by atoms with Gasteiger partial charge in [0.15, 0.2) is 0 Å². The van der Waals surface area contributed by atoms with Crippen molar-refractivity contribution < 1.29 is 13.2 Å². The molecule has 0 aromatic heterocycles. The van der Waals surface area contributed by atoms with Crippen LogP contribution in [0, 0.1) is 0 Å². The van der Waals surface area contributed by atoms with Gasteiger partial charge in [0.2, 0.25) is 0 Å². The predicted octanol–water partition coefficient (Wildman–Crippen LogP) is 3.06. The van der Waals surface area contributed by atoms with Crippen molar-refractivity contribution in [3.63, 3.8) is 0 Å². The van der Waals surface area contributed by atoms with Gasteiger partial charge in [-0.05, 0) is 32.9 Å². The van der Waals surface area contributed by atoms with Crippen LogP contribution in [-0.4, -0.2) is 31.2 Å². The highest BCUT2D eigenvalue weighted by Crippen LogP contribution is 2.16. The fourth-order valence-electron chi connectivity index (χ4n) is 1.66. The molecule has 1 aliphatic rings. The monoisotopic (exact) mass is 197 g/mol. The summed E-state index contributed by atoms with van der Waals surface area (Å²) in [6.07, 6.45) is 5.61. The van der Waals surface area contributed by atoms with Gasteiger partial charge in [-0.3, -0.25) is 0 Å². The van der Waals surface area contributed by atoms with Gasteiger partial charge in [0.25, 0.3) is 0 Å². The molecular formula is C9H18F3N. The van der Waals surface area contributed by atoms with Crippen LogP contribution >= 0.6 is 0 Å². The van der Waals surface area contributed by atoms with Crippen LogP contribution in [0.15, 0.2) is 0 Å². The zero-order valence-electron chi connectivity index (χ0n) is 8.27. The molecule has 80 valence electrons. The first-order valence-corrected chi connectivity index (χ1v) is 4.70. The molecule has 1 saturated heterocycles. The maximum absolute atomic E-state index is 9.67. The predicted molar refractivity (Wildman–Crippen MR) is 47.7 cm³/mol. The number of hydrogen-bond acceptors (Lipinski definition) is 1. The van der Waals surface area contributed by atoms with Gasteiger partial charge in [0.05, 0.1) is 0 Å². The van der Waals surface area contributed by atoms with Gasteiger partial charge in [-0.2, -0.15) is 13.2 Å². The molecule has 1 unspecified atom stereocenters. The van der Waals surface area contributed by atoms with Crippen LogP contribution in [0.2, 0.25) is 0 Å².